The number of anilines is 1. The summed E-state index contributed by atoms with van der Waals surface area (Å²) >= 11 is 4.67. The van der Waals surface area contributed by atoms with Crippen LogP contribution in [0.2, 0.25) is 0 Å². The maximum Gasteiger partial charge on any atom is 0.267 e. The number of aryl methyl sites for hydroxylation is 4. The van der Waals surface area contributed by atoms with E-state index in [1.54, 1.807) is 11.3 Å². The molecule has 1 saturated carbocycles. The predicted octanol–water partition coefficient (Wildman–Crippen LogP) is 6.24. The SMILES string of the molecule is Cc1cc(-c2csc(NC(=O)c3sc4nc(C5CC5)nc(C)c4c3C)n2)c(C)s1. The molecule has 5 rings (SSSR count). The van der Waals surface area contributed by atoms with Gasteiger partial charge in [-0.25, -0.2) is 15.0 Å². The molecule has 1 fully saturated rings. The Kier molecular flexibility index (Phi) is 4.53. The number of thiazole rings is 1. The van der Waals surface area contributed by atoms with Gasteiger partial charge in [-0.3, -0.25) is 10.1 Å². The third-order valence-corrected chi connectivity index (χ3v) is 8.09. The molecule has 0 aliphatic heterocycles. The number of hydrogen-bond donors (Lipinski definition) is 1. The van der Waals surface area contributed by atoms with Gasteiger partial charge in [0.05, 0.1) is 16.3 Å². The van der Waals surface area contributed by atoms with Gasteiger partial charge in [-0.05, 0) is 52.2 Å². The van der Waals surface area contributed by atoms with Crippen LogP contribution >= 0.6 is 34.0 Å². The fourth-order valence-electron chi connectivity index (χ4n) is 3.59. The largest absolute Gasteiger partial charge is 0.297 e. The molecule has 1 amide bonds. The van der Waals surface area contributed by atoms with E-state index in [4.69, 9.17) is 4.98 Å². The monoisotopic (exact) mass is 440 g/mol. The minimum Gasteiger partial charge on any atom is -0.297 e. The van der Waals surface area contributed by atoms with Gasteiger partial charge in [-0.2, -0.15) is 0 Å². The lowest BCUT2D eigenvalue weighted by molar-refractivity contribution is 0.103. The summed E-state index contributed by atoms with van der Waals surface area (Å²) in [5.74, 6) is 1.29. The zero-order valence-corrected chi connectivity index (χ0v) is 19.1. The van der Waals surface area contributed by atoms with Gasteiger partial charge in [0, 0.05) is 32.0 Å². The highest BCUT2D eigenvalue weighted by molar-refractivity contribution is 7.21. The van der Waals surface area contributed by atoms with Crippen LogP contribution in [0.5, 0.6) is 0 Å². The van der Waals surface area contributed by atoms with Crippen LogP contribution in [0, 0.1) is 27.7 Å². The number of aromatic nitrogens is 3. The van der Waals surface area contributed by atoms with Crippen molar-refractivity contribution in [3.05, 3.63) is 43.2 Å². The van der Waals surface area contributed by atoms with Gasteiger partial charge in [-0.1, -0.05) is 0 Å². The van der Waals surface area contributed by atoms with E-state index in [-0.39, 0.29) is 5.91 Å². The lowest BCUT2D eigenvalue weighted by Gasteiger charge is -2.02. The van der Waals surface area contributed by atoms with Gasteiger partial charge in [0.15, 0.2) is 5.13 Å². The van der Waals surface area contributed by atoms with Crippen molar-refractivity contribution in [3.63, 3.8) is 0 Å². The van der Waals surface area contributed by atoms with Crippen molar-refractivity contribution in [2.45, 2.75) is 46.5 Å². The molecule has 0 saturated heterocycles. The molecule has 0 atom stereocenters. The lowest BCUT2D eigenvalue weighted by atomic mass is 10.1. The molecule has 148 valence electrons. The summed E-state index contributed by atoms with van der Waals surface area (Å²) < 4.78 is 0. The molecule has 29 heavy (non-hydrogen) atoms. The Bertz CT molecular complexity index is 1260. The Morgan fingerprint density at radius 1 is 1.10 bits per heavy atom. The van der Waals surface area contributed by atoms with Gasteiger partial charge in [0.25, 0.3) is 5.91 Å². The summed E-state index contributed by atoms with van der Waals surface area (Å²) in [7, 11) is 0. The van der Waals surface area contributed by atoms with Gasteiger partial charge in [0.1, 0.15) is 10.7 Å². The van der Waals surface area contributed by atoms with Crippen molar-refractivity contribution in [2.24, 2.45) is 0 Å². The van der Waals surface area contributed by atoms with Crippen molar-refractivity contribution >= 4 is 55.3 Å². The van der Waals surface area contributed by atoms with Crippen molar-refractivity contribution in [1.82, 2.24) is 15.0 Å². The van der Waals surface area contributed by atoms with Crippen molar-refractivity contribution < 1.29 is 4.79 Å². The Balaban J connectivity index is 1.44. The number of nitrogens with zero attached hydrogens (tertiary/aromatic N) is 3. The normalized spacial score (nSPS) is 13.9. The van der Waals surface area contributed by atoms with E-state index in [1.807, 2.05) is 19.2 Å². The first-order valence-electron chi connectivity index (χ1n) is 9.52. The molecule has 0 spiro atoms. The summed E-state index contributed by atoms with van der Waals surface area (Å²) in [5.41, 5.74) is 3.96. The number of amides is 1. The van der Waals surface area contributed by atoms with Crippen LogP contribution in [-0.2, 0) is 0 Å². The van der Waals surface area contributed by atoms with Crippen LogP contribution in [-0.4, -0.2) is 20.9 Å². The summed E-state index contributed by atoms with van der Waals surface area (Å²) in [6.07, 6.45) is 2.33. The number of carbonyl (C=O) groups excluding carboxylic acids is 1. The molecule has 0 radical (unpaired) electrons. The van der Waals surface area contributed by atoms with Crippen LogP contribution in [0.3, 0.4) is 0 Å². The summed E-state index contributed by atoms with van der Waals surface area (Å²) in [5, 5.41) is 6.60. The van der Waals surface area contributed by atoms with Crippen LogP contribution in [0.4, 0.5) is 5.13 Å². The molecular formula is C21H20N4OS3. The molecule has 1 N–H and O–H groups in total. The Morgan fingerprint density at radius 2 is 1.90 bits per heavy atom. The zero-order valence-electron chi connectivity index (χ0n) is 16.6. The fourth-order valence-corrected chi connectivity index (χ4v) is 6.37. The summed E-state index contributed by atoms with van der Waals surface area (Å²) in [4.78, 5) is 31.1. The van der Waals surface area contributed by atoms with E-state index in [0.717, 1.165) is 51.4 Å². The molecule has 4 heterocycles. The third-order valence-electron chi connectivity index (χ3n) is 5.18. The number of nitrogens with one attached hydrogen (secondary N) is 1. The lowest BCUT2D eigenvalue weighted by Crippen LogP contribution is -2.11. The van der Waals surface area contributed by atoms with E-state index >= 15 is 0 Å². The standard InChI is InChI=1S/C21H20N4OS3/c1-9-7-14(12(4)28-9)15-8-27-21(23-15)25-19(26)17-10(2)16-11(3)22-18(13-5-6-13)24-20(16)29-17/h7-8,13H,5-6H2,1-4H3,(H,23,25,26). The topological polar surface area (TPSA) is 67.8 Å². The molecule has 5 nitrogen and oxygen atoms in total. The van der Waals surface area contributed by atoms with Gasteiger partial charge >= 0.3 is 0 Å². The average molecular weight is 441 g/mol. The molecule has 8 heteroatoms. The number of rotatable bonds is 4. The Morgan fingerprint density at radius 3 is 2.59 bits per heavy atom. The van der Waals surface area contributed by atoms with Crippen LogP contribution in [0.15, 0.2) is 11.4 Å². The van der Waals surface area contributed by atoms with Crippen LogP contribution in [0.1, 0.15) is 55.3 Å². The summed E-state index contributed by atoms with van der Waals surface area (Å²) in [6.45, 7) is 8.19. The first-order valence-corrected chi connectivity index (χ1v) is 12.0. The quantitative estimate of drug-likeness (QED) is 0.408. The van der Waals surface area contributed by atoms with Crippen molar-refractivity contribution in [2.75, 3.05) is 5.32 Å². The average Bonchev–Trinajstić information content (AvgIpc) is 3.20. The molecule has 0 bridgehead atoms. The number of hydrogen-bond acceptors (Lipinski definition) is 7. The molecular weight excluding hydrogens is 420 g/mol. The fraction of sp³-hybridized carbons (Fsp3) is 0.333. The van der Waals surface area contributed by atoms with E-state index in [0.29, 0.717) is 15.9 Å². The number of fused-ring (bicyclic) bond motifs is 1. The minimum atomic E-state index is -0.128. The Labute approximate surface area is 180 Å². The van der Waals surface area contributed by atoms with Gasteiger partial charge < -0.3 is 0 Å². The zero-order chi connectivity index (χ0) is 20.3. The smallest absolute Gasteiger partial charge is 0.267 e. The van der Waals surface area contributed by atoms with Crippen LogP contribution in [0.25, 0.3) is 21.5 Å². The third kappa shape index (κ3) is 3.39. The molecule has 1 aliphatic carbocycles. The predicted molar refractivity (Wildman–Crippen MR) is 122 cm³/mol. The van der Waals surface area contributed by atoms with E-state index in [2.05, 4.69) is 35.2 Å². The number of thiophene rings is 2. The molecule has 1 aliphatic rings. The van der Waals surface area contributed by atoms with E-state index in [1.165, 1.54) is 32.4 Å². The highest BCUT2D eigenvalue weighted by Gasteiger charge is 2.28. The van der Waals surface area contributed by atoms with Gasteiger partial charge in [0.2, 0.25) is 0 Å². The second-order valence-electron chi connectivity index (χ2n) is 7.50. The van der Waals surface area contributed by atoms with Gasteiger partial charge in [-0.15, -0.1) is 34.0 Å². The first-order chi connectivity index (χ1) is 13.9. The Hall–Kier alpha value is -2.16. The molecule has 0 unspecified atom stereocenters. The maximum atomic E-state index is 13.0. The van der Waals surface area contributed by atoms with Crippen molar-refractivity contribution in [3.8, 4) is 11.3 Å². The number of carbonyl (C=O) groups is 1. The molecule has 0 aromatic carbocycles. The van der Waals surface area contributed by atoms with E-state index < -0.39 is 0 Å². The van der Waals surface area contributed by atoms with E-state index in [9.17, 15) is 4.79 Å². The molecule has 4 aromatic rings. The molecule has 4 aromatic heterocycles. The first kappa shape index (κ1) is 18.8. The highest BCUT2D eigenvalue weighted by Crippen LogP contribution is 2.40. The second-order valence-corrected chi connectivity index (χ2v) is 10.8. The summed E-state index contributed by atoms with van der Waals surface area (Å²) in [6, 6.07) is 2.15. The minimum absolute atomic E-state index is 0.128. The maximum absolute atomic E-state index is 13.0. The van der Waals surface area contributed by atoms with Crippen molar-refractivity contribution in [1.29, 1.82) is 0 Å². The second kappa shape index (κ2) is 6.97. The highest BCUT2D eigenvalue weighted by atomic mass is 32.1. The van der Waals surface area contributed by atoms with Crippen LogP contribution < -0.4 is 5.32 Å².